The third-order valence-corrected chi connectivity index (χ3v) is 5.70. The van der Waals surface area contributed by atoms with E-state index in [1.54, 1.807) is 12.1 Å². The highest BCUT2D eigenvalue weighted by molar-refractivity contribution is 5.54. The van der Waals surface area contributed by atoms with Crippen LogP contribution in [0.5, 0.6) is 5.75 Å². The van der Waals surface area contributed by atoms with Crippen molar-refractivity contribution >= 4 is 5.69 Å². The van der Waals surface area contributed by atoms with Crippen molar-refractivity contribution in [3.8, 4) is 5.75 Å². The number of benzene rings is 3. The van der Waals surface area contributed by atoms with Gasteiger partial charge in [0.05, 0.1) is 6.61 Å². The van der Waals surface area contributed by atoms with Crippen molar-refractivity contribution in [2.45, 2.75) is 51.7 Å². The van der Waals surface area contributed by atoms with Crippen molar-refractivity contribution in [1.82, 2.24) is 0 Å². The van der Waals surface area contributed by atoms with Crippen LogP contribution in [0.25, 0.3) is 0 Å². The smallest absolute Gasteiger partial charge is 0.132 e. The fourth-order valence-corrected chi connectivity index (χ4v) is 4.15. The maximum absolute atomic E-state index is 13.6. The molecule has 3 aromatic rings. The van der Waals surface area contributed by atoms with Crippen LogP contribution in [0, 0.1) is 11.6 Å². The number of hydrogen-bond acceptors (Lipinski definition) is 4. The summed E-state index contributed by atoms with van der Waals surface area (Å²) in [6.07, 6.45) is -0.773. The van der Waals surface area contributed by atoms with E-state index in [9.17, 15) is 8.78 Å². The minimum absolute atomic E-state index is 0.242. The summed E-state index contributed by atoms with van der Waals surface area (Å²) in [6.45, 7) is 7.11. The zero-order chi connectivity index (χ0) is 23.4. The van der Waals surface area contributed by atoms with Gasteiger partial charge in [-0.25, -0.2) is 8.78 Å². The van der Waals surface area contributed by atoms with Gasteiger partial charge >= 0.3 is 0 Å². The molecular formula is C27H29F2NO3. The van der Waals surface area contributed by atoms with Gasteiger partial charge < -0.3 is 19.5 Å². The second-order valence-electron chi connectivity index (χ2n) is 8.68. The number of hydrogen-bond donors (Lipinski definition) is 1. The predicted octanol–water partition coefficient (Wildman–Crippen LogP) is 6.41. The van der Waals surface area contributed by atoms with E-state index in [-0.39, 0.29) is 24.3 Å². The van der Waals surface area contributed by atoms with Gasteiger partial charge in [0.25, 0.3) is 0 Å². The summed E-state index contributed by atoms with van der Waals surface area (Å²) in [5, 5.41) is 3.34. The molecule has 3 aromatic carbocycles. The van der Waals surface area contributed by atoms with Crippen LogP contribution in [-0.4, -0.2) is 18.3 Å². The first-order chi connectivity index (χ1) is 15.9. The molecule has 1 aliphatic heterocycles. The van der Waals surface area contributed by atoms with E-state index >= 15 is 0 Å². The van der Waals surface area contributed by atoms with Crippen LogP contribution in [0.4, 0.5) is 14.5 Å². The molecule has 0 fully saturated rings. The van der Waals surface area contributed by atoms with Crippen molar-refractivity contribution in [2.24, 2.45) is 0 Å². The molecule has 0 aliphatic carbocycles. The average Bonchev–Trinajstić information content (AvgIpc) is 2.77. The first-order valence-corrected chi connectivity index (χ1v) is 11.1. The molecular weight excluding hydrogens is 424 g/mol. The van der Waals surface area contributed by atoms with Crippen LogP contribution in [0.3, 0.4) is 0 Å². The lowest BCUT2D eigenvalue weighted by Crippen LogP contribution is -2.51. The molecule has 6 heteroatoms. The predicted molar refractivity (Wildman–Crippen MR) is 124 cm³/mol. The number of ether oxygens (including phenoxy) is 3. The zero-order valence-corrected chi connectivity index (χ0v) is 19.1. The van der Waals surface area contributed by atoms with Crippen LogP contribution >= 0.6 is 0 Å². The normalized spacial score (nSPS) is 18.9. The van der Waals surface area contributed by atoms with E-state index in [1.807, 2.05) is 51.1 Å². The van der Waals surface area contributed by atoms with Gasteiger partial charge in [0, 0.05) is 24.4 Å². The molecule has 0 saturated heterocycles. The van der Waals surface area contributed by atoms with Crippen LogP contribution in [-0.2, 0) is 22.6 Å². The topological polar surface area (TPSA) is 39.7 Å². The summed E-state index contributed by atoms with van der Waals surface area (Å²) in [7, 11) is 0. The highest BCUT2D eigenvalue weighted by atomic mass is 19.1. The van der Waals surface area contributed by atoms with Gasteiger partial charge in [-0.1, -0.05) is 24.3 Å². The first-order valence-electron chi connectivity index (χ1n) is 11.1. The maximum Gasteiger partial charge on any atom is 0.132 e. The summed E-state index contributed by atoms with van der Waals surface area (Å²) >= 11 is 0. The molecule has 1 N–H and O–H groups in total. The van der Waals surface area contributed by atoms with E-state index < -0.39 is 11.7 Å². The Kier molecular flexibility index (Phi) is 6.96. The number of anilines is 1. The van der Waals surface area contributed by atoms with Crippen LogP contribution in [0.15, 0.2) is 66.7 Å². The second kappa shape index (κ2) is 9.89. The lowest BCUT2D eigenvalue weighted by molar-refractivity contribution is -0.165. The summed E-state index contributed by atoms with van der Waals surface area (Å²) in [5.41, 5.74) is 2.69. The van der Waals surface area contributed by atoms with E-state index in [0.717, 1.165) is 28.1 Å². The van der Waals surface area contributed by atoms with Crippen molar-refractivity contribution in [3.05, 3.63) is 95.1 Å². The molecule has 4 rings (SSSR count). The van der Waals surface area contributed by atoms with Crippen LogP contribution in [0.1, 0.15) is 43.6 Å². The van der Waals surface area contributed by atoms with E-state index in [1.165, 1.54) is 24.3 Å². The van der Waals surface area contributed by atoms with E-state index in [2.05, 4.69) is 5.32 Å². The van der Waals surface area contributed by atoms with Crippen molar-refractivity contribution in [3.63, 3.8) is 0 Å². The van der Waals surface area contributed by atoms with Gasteiger partial charge in [0.2, 0.25) is 0 Å². The molecule has 1 aliphatic rings. The van der Waals surface area contributed by atoms with Gasteiger partial charge in [-0.3, -0.25) is 0 Å². The third kappa shape index (κ3) is 5.52. The van der Waals surface area contributed by atoms with Crippen molar-refractivity contribution in [2.75, 3.05) is 11.9 Å². The Morgan fingerprint density at radius 3 is 2.30 bits per heavy atom. The van der Waals surface area contributed by atoms with Gasteiger partial charge in [0.1, 0.15) is 35.2 Å². The molecule has 0 radical (unpaired) electrons. The Morgan fingerprint density at radius 1 is 0.909 bits per heavy atom. The lowest BCUT2D eigenvalue weighted by atomic mass is 9.87. The van der Waals surface area contributed by atoms with Crippen molar-refractivity contribution in [1.29, 1.82) is 0 Å². The average molecular weight is 454 g/mol. The lowest BCUT2D eigenvalue weighted by Gasteiger charge is -2.44. The molecule has 0 spiro atoms. The maximum atomic E-state index is 13.6. The molecule has 0 saturated carbocycles. The number of halogens is 2. The standard InChI is InChI=1S/C27H29F2NO3/c1-4-31-25-23-15-22(30-16-18-7-5-9-20(28)13-18)11-12-24(23)33-27(2,3)26(25)32-17-19-8-6-10-21(29)14-19/h5-15,25-26,30H,4,16-17H2,1-3H3. The molecule has 0 aromatic heterocycles. The highest BCUT2D eigenvalue weighted by Crippen LogP contribution is 2.44. The van der Waals surface area contributed by atoms with Gasteiger partial charge in [0.15, 0.2) is 0 Å². The van der Waals surface area contributed by atoms with E-state index in [0.29, 0.717) is 13.2 Å². The molecule has 33 heavy (non-hydrogen) atoms. The molecule has 2 unspecified atom stereocenters. The number of fused-ring (bicyclic) bond motifs is 1. The Bertz CT molecular complexity index is 1100. The number of nitrogens with one attached hydrogen (secondary N) is 1. The Hall–Kier alpha value is -2.96. The summed E-state index contributed by atoms with van der Waals surface area (Å²) in [5.74, 6) is 0.182. The van der Waals surface area contributed by atoms with E-state index in [4.69, 9.17) is 14.2 Å². The molecule has 0 amide bonds. The molecule has 174 valence electrons. The minimum Gasteiger partial charge on any atom is -0.485 e. The summed E-state index contributed by atoms with van der Waals surface area (Å²) in [6, 6.07) is 18.7. The first kappa shape index (κ1) is 23.2. The molecule has 0 bridgehead atoms. The molecule has 1 heterocycles. The fourth-order valence-electron chi connectivity index (χ4n) is 4.15. The van der Waals surface area contributed by atoms with Crippen molar-refractivity contribution < 1.29 is 23.0 Å². The molecule has 4 nitrogen and oxygen atoms in total. The molecule has 2 atom stereocenters. The highest BCUT2D eigenvalue weighted by Gasteiger charge is 2.45. The SMILES string of the molecule is CCOC1c2cc(NCc3cccc(F)c3)ccc2OC(C)(C)C1OCc1cccc(F)c1. The summed E-state index contributed by atoms with van der Waals surface area (Å²) < 4.78 is 45.8. The van der Waals surface area contributed by atoms with Gasteiger partial charge in [-0.2, -0.15) is 0 Å². The Morgan fingerprint density at radius 2 is 1.61 bits per heavy atom. The zero-order valence-electron chi connectivity index (χ0n) is 19.1. The monoisotopic (exact) mass is 453 g/mol. The van der Waals surface area contributed by atoms with Crippen LogP contribution in [0.2, 0.25) is 0 Å². The van der Waals surface area contributed by atoms with Crippen LogP contribution < -0.4 is 10.1 Å². The minimum atomic E-state index is -0.656. The quantitative estimate of drug-likeness (QED) is 0.428. The number of rotatable bonds is 8. The summed E-state index contributed by atoms with van der Waals surface area (Å²) in [4.78, 5) is 0. The third-order valence-electron chi connectivity index (χ3n) is 5.70. The second-order valence-corrected chi connectivity index (χ2v) is 8.68. The fraction of sp³-hybridized carbons (Fsp3) is 0.333. The Labute approximate surface area is 193 Å². The Balaban J connectivity index is 1.56. The van der Waals surface area contributed by atoms with Gasteiger partial charge in [-0.05, 0) is 74.4 Å². The van der Waals surface area contributed by atoms with Gasteiger partial charge in [-0.15, -0.1) is 0 Å². The largest absolute Gasteiger partial charge is 0.485 e.